The first-order chi connectivity index (χ1) is 13.1. The quantitative estimate of drug-likeness (QED) is 0.711. The Labute approximate surface area is 158 Å². The van der Waals surface area contributed by atoms with Crippen LogP contribution in [0, 0.1) is 0 Å². The van der Waals surface area contributed by atoms with E-state index in [1.807, 2.05) is 40.0 Å². The normalized spacial score (nSPS) is 15.6. The Morgan fingerprint density at radius 3 is 2.63 bits per heavy atom. The SMILES string of the molecule is CC(C)n1ncc2cc(C(=O)N3CCN(Cc4ccccn4)CC3)cnc21. The lowest BCUT2D eigenvalue weighted by atomic mass is 10.2. The lowest BCUT2D eigenvalue weighted by Crippen LogP contribution is -2.48. The predicted molar refractivity (Wildman–Crippen MR) is 103 cm³/mol. The van der Waals surface area contributed by atoms with Crippen molar-refractivity contribution in [2.75, 3.05) is 26.2 Å². The van der Waals surface area contributed by atoms with Gasteiger partial charge in [-0.25, -0.2) is 9.67 Å². The number of nitrogens with zero attached hydrogens (tertiary/aromatic N) is 6. The zero-order chi connectivity index (χ0) is 18.8. The van der Waals surface area contributed by atoms with Crippen molar-refractivity contribution in [3.8, 4) is 0 Å². The topological polar surface area (TPSA) is 67.2 Å². The zero-order valence-electron chi connectivity index (χ0n) is 15.7. The first-order valence-electron chi connectivity index (χ1n) is 9.36. The number of rotatable bonds is 4. The fourth-order valence-corrected chi connectivity index (χ4v) is 3.45. The third kappa shape index (κ3) is 3.68. The molecule has 3 aromatic heterocycles. The molecule has 0 unspecified atom stereocenters. The number of carbonyl (C=O) groups is 1. The number of aromatic nitrogens is 4. The Kier molecular flexibility index (Phi) is 4.85. The molecular formula is C20H24N6O. The van der Waals surface area contributed by atoms with Gasteiger partial charge in [0.2, 0.25) is 0 Å². The molecule has 0 radical (unpaired) electrons. The Bertz CT molecular complexity index is 928. The van der Waals surface area contributed by atoms with Crippen molar-refractivity contribution in [2.24, 2.45) is 0 Å². The highest BCUT2D eigenvalue weighted by Gasteiger charge is 2.23. The molecule has 3 aromatic rings. The Morgan fingerprint density at radius 1 is 1.11 bits per heavy atom. The number of piperazine rings is 1. The van der Waals surface area contributed by atoms with Crippen LogP contribution in [0.3, 0.4) is 0 Å². The summed E-state index contributed by atoms with van der Waals surface area (Å²) in [4.78, 5) is 26.0. The van der Waals surface area contributed by atoms with Crippen LogP contribution in [0.4, 0.5) is 0 Å². The van der Waals surface area contributed by atoms with Gasteiger partial charge in [-0.3, -0.25) is 14.7 Å². The second kappa shape index (κ2) is 7.44. The minimum absolute atomic E-state index is 0.0409. The van der Waals surface area contributed by atoms with E-state index >= 15 is 0 Å². The largest absolute Gasteiger partial charge is 0.336 e. The summed E-state index contributed by atoms with van der Waals surface area (Å²) in [5.74, 6) is 0.0409. The van der Waals surface area contributed by atoms with Crippen LogP contribution in [-0.2, 0) is 6.54 Å². The van der Waals surface area contributed by atoms with Gasteiger partial charge < -0.3 is 4.90 Å². The molecule has 7 nitrogen and oxygen atoms in total. The van der Waals surface area contributed by atoms with Crippen molar-refractivity contribution in [3.05, 3.63) is 54.1 Å². The van der Waals surface area contributed by atoms with E-state index in [1.54, 1.807) is 12.4 Å². The van der Waals surface area contributed by atoms with E-state index in [-0.39, 0.29) is 11.9 Å². The molecule has 0 saturated carbocycles. The van der Waals surface area contributed by atoms with Crippen LogP contribution in [0.1, 0.15) is 35.9 Å². The van der Waals surface area contributed by atoms with Gasteiger partial charge in [0.15, 0.2) is 5.65 Å². The molecular weight excluding hydrogens is 340 g/mol. The van der Waals surface area contributed by atoms with Gasteiger partial charge in [-0.1, -0.05) is 6.07 Å². The van der Waals surface area contributed by atoms with Crippen LogP contribution < -0.4 is 0 Å². The molecule has 1 saturated heterocycles. The maximum absolute atomic E-state index is 12.9. The van der Waals surface area contributed by atoms with Gasteiger partial charge in [0.1, 0.15) is 0 Å². The number of pyridine rings is 2. The fourth-order valence-electron chi connectivity index (χ4n) is 3.45. The summed E-state index contributed by atoms with van der Waals surface area (Å²) in [7, 11) is 0. The van der Waals surface area contributed by atoms with Crippen molar-refractivity contribution in [1.29, 1.82) is 0 Å². The van der Waals surface area contributed by atoms with Crippen molar-refractivity contribution >= 4 is 16.9 Å². The van der Waals surface area contributed by atoms with E-state index in [4.69, 9.17) is 0 Å². The average molecular weight is 364 g/mol. The van der Waals surface area contributed by atoms with Crippen LogP contribution in [0.15, 0.2) is 42.9 Å². The second-order valence-electron chi connectivity index (χ2n) is 7.21. The Hall–Kier alpha value is -2.80. The van der Waals surface area contributed by atoms with Crippen LogP contribution in [-0.4, -0.2) is 61.6 Å². The summed E-state index contributed by atoms with van der Waals surface area (Å²) in [5.41, 5.74) is 2.51. The highest BCUT2D eigenvalue weighted by molar-refractivity contribution is 5.96. The van der Waals surface area contributed by atoms with Crippen molar-refractivity contribution in [3.63, 3.8) is 0 Å². The van der Waals surface area contributed by atoms with Gasteiger partial charge in [0.05, 0.1) is 17.5 Å². The molecule has 140 valence electrons. The lowest BCUT2D eigenvalue weighted by Gasteiger charge is -2.34. The molecule has 0 atom stereocenters. The molecule has 1 aliphatic heterocycles. The number of hydrogen-bond donors (Lipinski definition) is 0. The summed E-state index contributed by atoms with van der Waals surface area (Å²) in [6.07, 6.45) is 5.27. The highest BCUT2D eigenvalue weighted by Crippen LogP contribution is 2.18. The molecule has 1 aliphatic rings. The van der Waals surface area contributed by atoms with Gasteiger partial charge in [-0.15, -0.1) is 0 Å². The molecule has 4 rings (SSSR count). The Morgan fingerprint density at radius 2 is 1.93 bits per heavy atom. The minimum Gasteiger partial charge on any atom is -0.336 e. The van der Waals surface area contributed by atoms with E-state index in [1.165, 1.54) is 0 Å². The van der Waals surface area contributed by atoms with Crippen LogP contribution in [0.2, 0.25) is 0 Å². The standard InChI is InChI=1S/C20H24N6O/c1-15(2)26-19-16(13-23-26)11-17(12-22-19)20(27)25-9-7-24(8-10-25)14-18-5-3-4-6-21-18/h3-6,11-13,15H,7-10,14H2,1-2H3. The van der Waals surface area contributed by atoms with E-state index in [0.717, 1.165) is 49.5 Å². The number of fused-ring (bicyclic) bond motifs is 1. The number of carbonyl (C=O) groups excluding carboxylic acids is 1. The highest BCUT2D eigenvalue weighted by atomic mass is 16.2. The fraction of sp³-hybridized carbons (Fsp3) is 0.400. The first kappa shape index (κ1) is 17.6. The van der Waals surface area contributed by atoms with Gasteiger partial charge in [-0.2, -0.15) is 5.10 Å². The molecule has 1 amide bonds. The van der Waals surface area contributed by atoms with Crippen LogP contribution >= 0.6 is 0 Å². The van der Waals surface area contributed by atoms with Crippen molar-refractivity contribution in [1.82, 2.24) is 29.5 Å². The monoisotopic (exact) mass is 364 g/mol. The van der Waals surface area contributed by atoms with E-state index in [9.17, 15) is 4.79 Å². The van der Waals surface area contributed by atoms with E-state index in [0.29, 0.717) is 5.56 Å². The van der Waals surface area contributed by atoms with Gasteiger partial charge in [0.25, 0.3) is 5.91 Å². The van der Waals surface area contributed by atoms with Crippen molar-refractivity contribution < 1.29 is 4.79 Å². The smallest absolute Gasteiger partial charge is 0.255 e. The maximum atomic E-state index is 12.9. The number of amides is 1. The number of hydrogen-bond acceptors (Lipinski definition) is 5. The lowest BCUT2D eigenvalue weighted by molar-refractivity contribution is 0.0627. The van der Waals surface area contributed by atoms with Gasteiger partial charge in [0, 0.05) is 56.5 Å². The molecule has 27 heavy (non-hydrogen) atoms. The molecule has 0 aromatic carbocycles. The summed E-state index contributed by atoms with van der Waals surface area (Å²) in [6, 6.07) is 8.11. The van der Waals surface area contributed by atoms with Crippen LogP contribution in [0.25, 0.3) is 11.0 Å². The summed E-state index contributed by atoms with van der Waals surface area (Å²) in [6.45, 7) is 8.09. The van der Waals surface area contributed by atoms with E-state index in [2.05, 4.69) is 33.8 Å². The van der Waals surface area contributed by atoms with E-state index < -0.39 is 0 Å². The zero-order valence-corrected chi connectivity index (χ0v) is 15.7. The molecule has 0 aliphatic carbocycles. The van der Waals surface area contributed by atoms with Gasteiger partial charge in [-0.05, 0) is 32.0 Å². The third-order valence-electron chi connectivity index (χ3n) is 4.94. The molecule has 4 heterocycles. The van der Waals surface area contributed by atoms with Crippen LogP contribution in [0.5, 0.6) is 0 Å². The average Bonchev–Trinajstić information content (AvgIpc) is 3.12. The molecule has 0 spiro atoms. The summed E-state index contributed by atoms with van der Waals surface area (Å²) < 4.78 is 1.87. The Balaban J connectivity index is 1.41. The third-order valence-corrected chi connectivity index (χ3v) is 4.94. The predicted octanol–water partition coefficient (Wildman–Crippen LogP) is 2.37. The first-order valence-corrected chi connectivity index (χ1v) is 9.36. The van der Waals surface area contributed by atoms with Crippen molar-refractivity contribution in [2.45, 2.75) is 26.4 Å². The molecule has 0 bridgehead atoms. The summed E-state index contributed by atoms with van der Waals surface area (Å²) in [5, 5.41) is 5.28. The molecule has 1 fully saturated rings. The summed E-state index contributed by atoms with van der Waals surface area (Å²) >= 11 is 0. The maximum Gasteiger partial charge on any atom is 0.255 e. The molecule has 0 N–H and O–H groups in total. The molecule has 7 heteroatoms. The van der Waals surface area contributed by atoms with Gasteiger partial charge >= 0.3 is 0 Å². The minimum atomic E-state index is 0.0409. The second-order valence-corrected chi connectivity index (χ2v) is 7.21.